The molecule has 3 rings (SSSR count). The van der Waals surface area contributed by atoms with E-state index in [9.17, 15) is 4.79 Å². The molecule has 0 fully saturated rings. The van der Waals surface area contributed by atoms with Crippen LogP contribution in [0.4, 0.5) is 0 Å². The Kier molecular flexibility index (Phi) is 3.68. The van der Waals surface area contributed by atoms with E-state index in [-0.39, 0.29) is 5.78 Å². The molecule has 1 heterocycles. The first kappa shape index (κ1) is 12.2. The Morgan fingerprint density at radius 1 is 0.833 bits per heavy atom. The second-order valence-corrected chi connectivity index (χ2v) is 4.28. The lowest BCUT2D eigenvalue weighted by Crippen LogP contribution is -1.80. The topological polar surface area (TPSA) is 30.0 Å². The Hall–Kier alpha value is -2.22. The van der Waals surface area contributed by atoms with Crippen molar-refractivity contribution in [2.24, 2.45) is 0 Å². The predicted molar refractivity (Wildman–Crippen MR) is 75.6 cm³/mol. The quantitative estimate of drug-likeness (QED) is 0.553. The maximum Gasteiger partial charge on any atom is 0.126 e. The van der Waals surface area contributed by atoms with E-state index in [4.69, 9.17) is 0 Å². The van der Waals surface area contributed by atoms with Crippen molar-refractivity contribution in [3.8, 4) is 0 Å². The molecule has 0 aliphatic carbocycles. The molecule has 0 bridgehead atoms. The van der Waals surface area contributed by atoms with E-state index in [1.807, 2.05) is 36.4 Å². The minimum atomic E-state index is 0.167. The lowest BCUT2D eigenvalue weighted by atomic mass is 10.1. The molecule has 3 aromatic rings. The van der Waals surface area contributed by atoms with Crippen molar-refractivity contribution in [1.82, 2.24) is 4.98 Å². The number of benzene rings is 2. The fourth-order valence-electron chi connectivity index (χ4n) is 1.72. The van der Waals surface area contributed by atoms with Crippen molar-refractivity contribution in [1.29, 1.82) is 0 Å². The van der Waals surface area contributed by atoms with E-state index >= 15 is 0 Å². The van der Waals surface area contributed by atoms with E-state index < -0.39 is 0 Å². The van der Waals surface area contributed by atoms with Crippen molar-refractivity contribution >= 4 is 27.6 Å². The zero-order valence-electron chi connectivity index (χ0n) is 10.6. The number of ketones is 1. The van der Waals surface area contributed by atoms with Crippen LogP contribution in [-0.4, -0.2) is 10.8 Å². The molecule has 0 amide bonds. The Labute approximate surface area is 106 Å². The molecule has 0 saturated heterocycles. The first-order valence-electron chi connectivity index (χ1n) is 5.88. The van der Waals surface area contributed by atoms with Gasteiger partial charge in [-0.1, -0.05) is 36.4 Å². The van der Waals surface area contributed by atoms with Crippen LogP contribution >= 0.6 is 0 Å². The maximum absolute atomic E-state index is 9.44. The van der Waals surface area contributed by atoms with Gasteiger partial charge in [-0.15, -0.1) is 0 Å². The maximum atomic E-state index is 9.44. The van der Waals surface area contributed by atoms with E-state index in [0.717, 1.165) is 11.0 Å². The molecule has 90 valence electrons. The Morgan fingerprint density at radius 3 is 1.67 bits per heavy atom. The summed E-state index contributed by atoms with van der Waals surface area (Å²) in [6, 6.07) is 18.6. The first-order chi connectivity index (χ1) is 8.66. The smallest absolute Gasteiger partial charge is 0.126 e. The summed E-state index contributed by atoms with van der Waals surface area (Å²) in [5.41, 5.74) is 2.12. The minimum absolute atomic E-state index is 0.167. The van der Waals surface area contributed by atoms with Gasteiger partial charge < -0.3 is 4.79 Å². The highest BCUT2D eigenvalue weighted by molar-refractivity contribution is 5.92. The van der Waals surface area contributed by atoms with E-state index in [2.05, 4.69) is 23.2 Å². The van der Waals surface area contributed by atoms with Crippen molar-refractivity contribution in [2.75, 3.05) is 0 Å². The number of carbonyl (C=O) groups excluding carboxylic acids is 1. The third-order valence-corrected chi connectivity index (χ3v) is 2.43. The molecule has 0 radical (unpaired) electrons. The van der Waals surface area contributed by atoms with E-state index in [1.54, 1.807) is 0 Å². The summed E-state index contributed by atoms with van der Waals surface area (Å²) in [6.07, 6.45) is 0. The Morgan fingerprint density at radius 2 is 1.22 bits per heavy atom. The molecule has 2 heteroatoms. The van der Waals surface area contributed by atoms with E-state index in [0.29, 0.717) is 0 Å². The van der Waals surface area contributed by atoms with Crippen molar-refractivity contribution in [2.45, 2.75) is 13.8 Å². The molecule has 0 spiro atoms. The van der Waals surface area contributed by atoms with Gasteiger partial charge >= 0.3 is 0 Å². The number of para-hydroxylation sites is 2. The summed E-state index contributed by atoms with van der Waals surface area (Å²) in [5, 5.41) is 2.40. The highest BCUT2D eigenvalue weighted by Gasteiger charge is 1.96. The van der Waals surface area contributed by atoms with Crippen LogP contribution in [0.3, 0.4) is 0 Å². The van der Waals surface area contributed by atoms with Gasteiger partial charge in [-0.3, -0.25) is 0 Å². The van der Waals surface area contributed by atoms with Gasteiger partial charge in [0.25, 0.3) is 0 Å². The van der Waals surface area contributed by atoms with Crippen molar-refractivity contribution in [3.63, 3.8) is 0 Å². The number of carbonyl (C=O) groups is 1. The molecule has 0 aliphatic heterocycles. The highest BCUT2D eigenvalue weighted by atomic mass is 16.1. The lowest BCUT2D eigenvalue weighted by molar-refractivity contribution is -0.114. The second-order valence-electron chi connectivity index (χ2n) is 4.28. The largest absolute Gasteiger partial charge is 0.300 e. The first-order valence-corrected chi connectivity index (χ1v) is 5.88. The normalized spacial score (nSPS) is 9.89. The number of fused-ring (bicyclic) bond motifs is 2. The van der Waals surface area contributed by atoms with Crippen molar-refractivity contribution in [3.05, 3.63) is 54.6 Å². The molecular formula is C16H15NO. The zero-order chi connectivity index (χ0) is 13.0. The van der Waals surface area contributed by atoms with Gasteiger partial charge in [-0.25, -0.2) is 4.98 Å². The van der Waals surface area contributed by atoms with Gasteiger partial charge in [0.2, 0.25) is 0 Å². The minimum Gasteiger partial charge on any atom is -0.300 e. The van der Waals surface area contributed by atoms with Crippen LogP contribution in [-0.2, 0) is 4.79 Å². The second kappa shape index (κ2) is 5.41. The summed E-state index contributed by atoms with van der Waals surface area (Å²) in [7, 11) is 0. The van der Waals surface area contributed by atoms with Gasteiger partial charge in [0.15, 0.2) is 0 Å². The van der Waals surface area contributed by atoms with Crippen LogP contribution in [0.1, 0.15) is 13.8 Å². The molecular weight excluding hydrogens is 222 g/mol. The van der Waals surface area contributed by atoms with Gasteiger partial charge in [-0.2, -0.15) is 0 Å². The number of aromatic nitrogens is 1. The van der Waals surface area contributed by atoms with Gasteiger partial charge in [0.1, 0.15) is 5.78 Å². The summed E-state index contributed by atoms with van der Waals surface area (Å²) in [6.45, 7) is 3.06. The molecule has 0 N–H and O–H groups in total. The number of hydrogen-bond acceptors (Lipinski definition) is 2. The average Bonchev–Trinajstić information content (AvgIpc) is 2.35. The Bertz CT molecular complexity index is 580. The lowest BCUT2D eigenvalue weighted by Gasteiger charge is -1.99. The summed E-state index contributed by atoms with van der Waals surface area (Å²) < 4.78 is 0. The monoisotopic (exact) mass is 237 g/mol. The van der Waals surface area contributed by atoms with Crippen LogP contribution in [0.2, 0.25) is 0 Å². The average molecular weight is 237 g/mol. The molecule has 1 aromatic heterocycles. The third kappa shape index (κ3) is 2.92. The molecule has 18 heavy (non-hydrogen) atoms. The zero-order valence-corrected chi connectivity index (χ0v) is 10.6. The summed E-state index contributed by atoms with van der Waals surface area (Å²) in [4.78, 5) is 14.0. The molecule has 2 aromatic carbocycles. The predicted octanol–water partition coefficient (Wildman–Crippen LogP) is 3.98. The van der Waals surface area contributed by atoms with Gasteiger partial charge in [0, 0.05) is 10.8 Å². The van der Waals surface area contributed by atoms with Crippen LogP contribution in [0.5, 0.6) is 0 Å². The molecule has 0 aliphatic rings. The fraction of sp³-hybridized carbons (Fsp3) is 0.125. The summed E-state index contributed by atoms with van der Waals surface area (Å²) in [5.74, 6) is 0.167. The molecule has 0 unspecified atom stereocenters. The molecule has 0 atom stereocenters. The number of hydrogen-bond donors (Lipinski definition) is 0. The number of pyridine rings is 1. The van der Waals surface area contributed by atoms with Gasteiger partial charge in [0.05, 0.1) is 11.0 Å². The Balaban J connectivity index is 0.000000267. The van der Waals surface area contributed by atoms with Crippen LogP contribution in [0, 0.1) is 0 Å². The number of nitrogens with zero attached hydrogens (tertiary/aromatic N) is 1. The highest BCUT2D eigenvalue weighted by Crippen LogP contribution is 2.18. The molecule has 2 nitrogen and oxygen atoms in total. The van der Waals surface area contributed by atoms with Crippen LogP contribution in [0.15, 0.2) is 54.6 Å². The van der Waals surface area contributed by atoms with Crippen LogP contribution < -0.4 is 0 Å². The number of Topliss-reactive ketones (excluding diaryl/α,β-unsaturated/α-hetero) is 1. The SMILES string of the molecule is CC(C)=O.c1ccc2nc3ccccc3cc2c1. The standard InChI is InChI=1S/C13H9N.C3H6O/c1-3-7-12-10(5-1)9-11-6-2-4-8-13(11)14-12;1-3(2)4/h1-9H;1-2H3. The number of rotatable bonds is 0. The van der Waals surface area contributed by atoms with E-state index in [1.165, 1.54) is 24.6 Å². The molecule has 0 saturated carbocycles. The summed E-state index contributed by atoms with van der Waals surface area (Å²) >= 11 is 0. The van der Waals surface area contributed by atoms with Crippen molar-refractivity contribution < 1.29 is 4.79 Å². The fourth-order valence-corrected chi connectivity index (χ4v) is 1.72. The van der Waals surface area contributed by atoms with Gasteiger partial charge in [-0.05, 0) is 32.0 Å². The van der Waals surface area contributed by atoms with Crippen LogP contribution in [0.25, 0.3) is 21.8 Å². The third-order valence-electron chi connectivity index (χ3n) is 2.43.